The van der Waals surface area contributed by atoms with Gasteiger partial charge >= 0.3 is 0 Å². The van der Waals surface area contributed by atoms with Crippen LogP contribution in [-0.2, 0) is 0 Å². The molecule has 2 aromatic carbocycles. The molecule has 21 heavy (non-hydrogen) atoms. The fourth-order valence-electron chi connectivity index (χ4n) is 3.00. The first-order chi connectivity index (χ1) is 10.1. The van der Waals surface area contributed by atoms with E-state index in [9.17, 15) is 0 Å². The van der Waals surface area contributed by atoms with Crippen molar-refractivity contribution >= 4 is 17.3 Å². The molecule has 1 aliphatic rings. The summed E-state index contributed by atoms with van der Waals surface area (Å²) in [6.07, 6.45) is 0. The lowest BCUT2D eigenvalue weighted by molar-refractivity contribution is 0.414. The summed E-state index contributed by atoms with van der Waals surface area (Å²) in [6.45, 7) is 6.35. The summed E-state index contributed by atoms with van der Waals surface area (Å²) in [4.78, 5) is 2.47. The lowest BCUT2D eigenvalue weighted by Crippen LogP contribution is -2.51. The van der Waals surface area contributed by atoms with E-state index in [1.165, 1.54) is 16.8 Å². The number of hydrogen-bond donors (Lipinski definition) is 1. The van der Waals surface area contributed by atoms with Crippen LogP contribution in [0, 0.1) is 6.92 Å². The fraction of sp³-hybridized carbons (Fsp3) is 0.333. The summed E-state index contributed by atoms with van der Waals surface area (Å²) in [5.74, 6) is 0. The molecule has 0 aromatic heterocycles. The second kappa shape index (κ2) is 6.08. The maximum atomic E-state index is 6.19. The molecule has 3 heteroatoms. The average molecular weight is 301 g/mol. The van der Waals surface area contributed by atoms with E-state index < -0.39 is 0 Å². The van der Waals surface area contributed by atoms with E-state index in [2.05, 4.69) is 66.5 Å². The predicted molar refractivity (Wildman–Crippen MR) is 90.2 cm³/mol. The number of piperazine rings is 1. The van der Waals surface area contributed by atoms with Crippen LogP contribution in [0.25, 0.3) is 0 Å². The number of anilines is 1. The first-order valence-electron chi connectivity index (χ1n) is 7.46. The Kier molecular flexibility index (Phi) is 4.18. The zero-order valence-corrected chi connectivity index (χ0v) is 13.3. The summed E-state index contributed by atoms with van der Waals surface area (Å²) >= 11 is 6.19. The molecule has 1 heterocycles. The van der Waals surface area contributed by atoms with Crippen molar-refractivity contribution in [2.24, 2.45) is 0 Å². The van der Waals surface area contributed by atoms with E-state index >= 15 is 0 Å². The van der Waals surface area contributed by atoms with E-state index in [1.807, 2.05) is 6.07 Å². The maximum Gasteiger partial charge on any atom is 0.0499 e. The molecule has 1 fully saturated rings. The molecule has 2 unspecified atom stereocenters. The molecule has 0 saturated carbocycles. The van der Waals surface area contributed by atoms with Gasteiger partial charge in [-0.05, 0) is 37.1 Å². The van der Waals surface area contributed by atoms with Gasteiger partial charge in [0.25, 0.3) is 0 Å². The topological polar surface area (TPSA) is 15.3 Å². The van der Waals surface area contributed by atoms with E-state index in [0.29, 0.717) is 12.1 Å². The second-order valence-electron chi connectivity index (χ2n) is 5.80. The van der Waals surface area contributed by atoms with Crippen molar-refractivity contribution in [3.63, 3.8) is 0 Å². The van der Waals surface area contributed by atoms with E-state index in [0.717, 1.165) is 18.1 Å². The van der Waals surface area contributed by atoms with Crippen molar-refractivity contribution in [2.75, 3.05) is 18.0 Å². The molecular formula is C18H21ClN2. The summed E-state index contributed by atoms with van der Waals surface area (Å²) in [5, 5.41) is 4.45. The Morgan fingerprint density at radius 3 is 2.67 bits per heavy atom. The monoisotopic (exact) mass is 300 g/mol. The third-order valence-electron chi connectivity index (χ3n) is 4.25. The van der Waals surface area contributed by atoms with Crippen LogP contribution in [0.4, 0.5) is 5.69 Å². The molecule has 0 amide bonds. The van der Waals surface area contributed by atoms with Gasteiger partial charge in [-0.3, -0.25) is 0 Å². The third kappa shape index (κ3) is 3.07. The quantitative estimate of drug-likeness (QED) is 0.895. The molecule has 0 aliphatic carbocycles. The molecule has 2 atom stereocenters. The normalized spacial score (nSPS) is 22.3. The number of rotatable bonds is 2. The summed E-state index contributed by atoms with van der Waals surface area (Å²) in [5.41, 5.74) is 3.87. The third-order valence-corrected chi connectivity index (χ3v) is 4.49. The maximum absolute atomic E-state index is 6.19. The molecule has 110 valence electrons. The lowest BCUT2D eigenvalue weighted by atomic mass is 10.0. The lowest BCUT2D eigenvalue weighted by Gasteiger charge is -2.41. The Bertz CT molecular complexity index is 612. The zero-order chi connectivity index (χ0) is 14.8. The molecule has 0 spiro atoms. The van der Waals surface area contributed by atoms with Crippen LogP contribution < -0.4 is 10.2 Å². The van der Waals surface area contributed by atoms with Gasteiger partial charge in [-0.15, -0.1) is 0 Å². The smallest absolute Gasteiger partial charge is 0.0499 e. The minimum absolute atomic E-state index is 0.362. The van der Waals surface area contributed by atoms with Crippen LogP contribution in [0.2, 0.25) is 5.02 Å². The molecule has 2 aromatic rings. The van der Waals surface area contributed by atoms with Gasteiger partial charge in [-0.25, -0.2) is 0 Å². The molecular weight excluding hydrogens is 280 g/mol. The van der Waals surface area contributed by atoms with Gasteiger partial charge < -0.3 is 10.2 Å². The highest BCUT2D eigenvalue weighted by atomic mass is 35.5. The minimum atomic E-state index is 0.362. The average Bonchev–Trinajstić information content (AvgIpc) is 2.51. The SMILES string of the molecule is Cc1ccc(Cl)cc1N1CC(c2ccccc2)NCC1C. The van der Waals surface area contributed by atoms with Crippen molar-refractivity contribution in [3.8, 4) is 0 Å². The Labute approximate surface area is 131 Å². The van der Waals surface area contributed by atoms with Gasteiger partial charge in [0.1, 0.15) is 0 Å². The molecule has 3 rings (SSSR count). The predicted octanol–water partition coefficient (Wildman–Crippen LogP) is 4.19. The first-order valence-corrected chi connectivity index (χ1v) is 7.84. The molecule has 0 radical (unpaired) electrons. The van der Waals surface area contributed by atoms with Crippen molar-refractivity contribution in [1.82, 2.24) is 5.32 Å². The largest absolute Gasteiger partial charge is 0.365 e. The van der Waals surface area contributed by atoms with Crippen molar-refractivity contribution in [1.29, 1.82) is 0 Å². The van der Waals surface area contributed by atoms with Gasteiger partial charge in [0, 0.05) is 35.9 Å². The molecule has 2 nitrogen and oxygen atoms in total. The zero-order valence-electron chi connectivity index (χ0n) is 12.5. The minimum Gasteiger partial charge on any atom is -0.365 e. The molecule has 1 saturated heterocycles. The Morgan fingerprint density at radius 2 is 1.90 bits per heavy atom. The van der Waals surface area contributed by atoms with Crippen molar-refractivity contribution < 1.29 is 0 Å². The first kappa shape index (κ1) is 14.4. The number of nitrogens with zero attached hydrogens (tertiary/aromatic N) is 1. The number of benzene rings is 2. The summed E-state index contributed by atoms with van der Waals surface area (Å²) in [6, 6.07) is 17.6. The van der Waals surface area contributed by atoms with Gasteiger partial charge in [0.05, 0.1) is 0 Å². The van der Waals surface area contributed by atoms with Crippen LogP contribution in [0.15, 0.2) is 48.5 Å². The summed E-state index contributed by atoms with van der Waals surface area (Å²) < 4.78 is 0. The van der Waals surface area contributed by atoms with E-state index in [1.54, 1.807) is 0 Å². The van der Waals surface area contributed by atoms with Gasteiger partial charge in [-0.2, -0.15) is 0 Å². The van der Waals surface area contributed by atoms with E-state index in [-0.39, 0.29) is 0 Å². The number of nitrogens with one attached hydrogen (secondary N) is 1. The molecule has 0 bridgehead atoms. The van der Waals surface area contributed by atoms with Crippen LogP contribution >= 0.6 is 11.6 Å². The Morgan fingerprint density at radius 1 is 1.14 bits per heavy atom. The van der Waals surface area contributed by atoms with Crippen molar-refractivity contribution in [3.05, 3.63) is 64.7 Å². The number of hydrogen-bond acceptors (Lipinski definition) is 2. The van der Waals surface area contributed by atoms with Gasteiger partial charge in [-0.1, -0.05) is 48.0 Å². The van der Waals surface area contributed by atoms with Gasteiger partial charge in [0.2, 0.25) is 0 Å². The van der Waals surface area contributed by atoms with E-state index in [4.69, 9.17) is 11.6 Å². The summed E-state index contributed by atoms with van der Waals surface area (Å²) in [7, 11) is 0. The highest BCUT2D eigenvalue weighted by Crippen LogP contribution is 2.30. The van der Waals surface area contributed by atoms with Crippen molar-refractivity contribution in [2.45, 2.75) is 25.9 Å². The fourth-order valence-corrected chi connectivity index (χ4v) is 3.17. The van der Waals surface area contributed by atoms with Crippen LogP contribution in [0.3, 0.4) is 0 Å². The van der Waals surface area contributed by atoms with Gasteiger partial charge in [0.15, 0.2) is 0 Å². The molecule has 1 N–H and O–H groups in total. The van der Waals surface area contributed by atoms with Crippen LogP contribution in [0.1, 0.15) is 24.1 Å². The highest BCUT2D eigenvalue weighted by molar-refractivity contribution is 6.30. The Hall–Kier alpha value is -1.51. The van der Waals surface area contributed by atoms with Crippen LogP contribution in [0.5, 0.6) is 0 Å². The second-order valence-corrected chi connectivity index (χ2v) is 6.24. The highest BCUT2D eigenvalue weighted by Gasteiger charge is 2.26. The number of aryl methyl sites for hydroxylation is 1. The standard InChI is InChI=1S/C18H21ClN2/c1-13-8-9-16(19)10-18(13)21-12-17(20-11-14(21)2)15-6-4-3-5-7-15/h3-10,14,17,20H,11-12H2,1-2H3. The molecule has 1 aliphatic heterocycles. The van der Waals surface area contributed by atoms with Crippen LogP contribution in [-0.4, -0.2) is 19.1 Å². The number of halogens is 1. The Balaban J connectivity index is 1.89.